The number of rotatable bonds is 4. The van der Waals surface area contributed by atoms with Gasteiger partial charge in [-0.1, -0.05) is 133 Å². The second kappa shape index (κ2) is 11.2. The van der Waals surface area contributed by atoms with Crippen LogP contribution in [0.2, 0.25) is 0 Å². The van der Waals surface area contributed by atoms with Gasteiger partial charge in [0.05, 0.1) is 22.4 Å². The molecule has 0 N–H and O–H groups in total. The van der Waals surface area contributed by atoms with Crippen LogP contribution in [-0.4, -0.2) is 31.0 Å². The van der Waals surface area contributed by atoms with Crippen molar-refractivity contribution in [2.75, 3.05) is 0 Å². The second-order valence-corrected chi connectivity index (χ2v) is 18.1. The number of hydrogen-bond donors (Lipinski definition) is 0. The highest BCUT2D eigenvalue weighted by Gasteiger charge is 2.53. The zero-order valence-corrected chi connectivity index (χ0v) is 32.1. The van der Waals surface area contributed by atoms with Crippen LogP contribution in [0, 0.1) is 0 Å². The largest absolute Gasteiger partial charge is 0.563 e. The van der Waals surface area contributed by atoms with E-state index < -0.39 is 36.5 Å². The minimum Gasteiger partial charge on any atom is -0.534 e. The summed E-state index contributed by atoms with van der Waals surface area (Å²) in [5, 5.41) is 0. The van der Waals surface area contributed by atoms with Crippen molar-refractivity contribution in [3.63, 3.8) is 0 Å². The van der Waals surface area contributed by atoms with Gasteiger partial charge in [0.2, 0.25) is 0 Å². The predicted octanol–water partition coefficient (Wildman–Crippen LogP) is 8.98. The molecule has 4 aromatic rings. The third-order valence-corrected chi connectivity index (χ3v) is 11.7. The van der Waals surface area contributed by atoms with Crippen molar-refractivity contribution < 1.29 is 18.6 Å². The number of benzene rings is 4. The molecule has 7 rings (SSSR count). The number of hydrogen-bond acceptors (Lipinski definition) is 4. The molecule has 0 atom stereocenters. The summed E-state index contributed by atoms with van der Waals surface area (Å²) in [6.07, 6.45) is 0. The normalized spacial score (nSPS) is 20.1. The van der Waals surface area contributed by atoms with Crippen LogP contribution in [-0.2, 0) is 34.9 Å². The fourth-order valence-corrected chi connectivity index (χ4v) is 7.63. The molecule has 2 saturated heterocycles. The topological polar surface area (TPSA) is 36.9 Å². The minimum atomic E-state index is -0.641. The minimum absolute atomic E-state index is 0.0228. The van der Waals surface area contributed by atoms with Gasteiger partial charge in [0.15, 0.2) is 0 Å². The summed E-state index contributed by atoms with van der Waals surface area (Å²) in [6.45, 7) is 30.2. The zero-order valence-electron chi connectivity index (χ0n) is 32.1. The van der Waals surface area contributed by atoms with Crippen LogP contribution >= 0.6 is 0 Å². The third kappa shape index (κ3) is 5.41. The molecular formula is C44H52B2O4. The first-order valence-corrected chi connectivity index (χ1v) is 18.1. The van der Waals surface area contributed by atoms with Crippen molar-refractivity contribution in [1.82, 2.24) is 0 Å². The van der Waals surface area contributed by atoms with Gasteiger partial charge in [-0.2, -0.15) is 0 Å². The highest BCUT2D eigenvalue weighted by Crippen LogP contribution is 2.56. The molecule has 6 heteroatoms. The van der Waals surface area contributed by atoms with E-state index in [0.29, 0.717) is 5.76 Å². The van der Waals surface area contributed by atoms with E-state index in [-0.39, 0.29) is 10.8 Å². The zero-order chi connectivity index (χ0) is 36.2. The van der Waals surface area contributed by atoms with Gasteiger partial charge in [-0.25, -0.2) is 0 Å². The summed E-state index contributed by atoms with van der Waals surface area (Å²) in [4.78, 5) is 0. The van der Waals surface area contributed by atoms with Gasteiger partial charge in [0.25, 0.3) is 0 Å². The summed E-state index contributed by atoms with van der Waals surface area (Å²) < 4.78 is 26.0. The molecule has 0 unspecified atom stereocenters. The smallest absolute Gasteiger partial charge is 0.534 e. The maximum Gasteiger partial charge on any atom is 0.563 e. The molecule has 0 radical (unpaired) electrons. The summed E-state index contributed by atoms with van der Waals surface area (Å²) in [5.41, 5.74) is 9.72. The highest BCUT2D eigenvalue weighted by molar-refractivity contribution is 6.63. The lowest BCUT2D eigenvalue weighted by Crippen LogP contribution is -2.41. The average Bonchev–Trinajstić information content (AvgIpc) is 3.57. The van der Waals surface area contributed by atoms with Crippen molar-refractivity contribution in [2.45, 2.75) is 116 Å². The standard InChI is InChI=1S/C44H52B2O4/c1-28-41(8,9)48-45(47-28)33-22-24-35-36-25-23-34(46-49-42(10,11)43(12,13)50-46)27-38(36)44(37(35)26-33,31-18-14-29(15-19-31)39(2,3)4)32-20-16-30(17-21-32)40(5,6)7/h14-27H,1H2,2-13H3. The van der Waals surface area contributed by atoms with Gasteiger partial charge in [-0.3, -0.25) is 0 Å². The van der Waals surface area contributed by atoms with E-state index in [2.05, 4.69) is 161 Å². The van der Waals surface area contributed by atoms with E-state index in [0.717, 1.165) is 10.9 Å². The van der Waals surface area contributed by atoms with Crippen molar-refractivity contribution in [1.29, 1.82) is 0 Å². The molecule has 4 nitrogen and oxygen atoms in total. The fourth-order valence-electron chi connectivity index (χ4n) is 7.63. The Morgan fingerprint density at radius 3 is 1.28 bits per heavy atom. The van der Waals surface area contributed by atoms with Gasteiger partial charge in [-0.05, 0) is 108 Å². The SMILES string of the molecule is C=C1OB(c2ccc3c(c2)C(c2ccc(C(C)(C)C)cc2)(c2ccc(C(C)(C)C)cc2)c2cc(B4OC(C)(C)C(C)(C)O4)ccc2-3)OC1(C)C. The maximum absolute atomic E-state index is 6.63. The molecule has 2 fully saturated rings. The first-order chi connectivity index (χ1) is 23.1. The lowest BCUT2D eigenvalue weighted by molar-refractivity contribution is 0.00578. The van der Waals surface area contributed by atoms with Crippen LogP contribution in [0.1, 0.15) is 116 Å². The third-order valence-electron chi connectivity index (χ3n) is 11.7. The van der Waals surface area contributed by atoms with Gasteiger partial charge >= 0.3 is 14.2 Å². The number of fused-ring (bicyclic) bond motifs is 3. The van der Waals surface area contributed by atoms with Gasteiger partial charge in [0.1, 0.15) is 5.60 Å². The molecule has 258 valence electrons. The van der Waals surface area contributed by atoms with Crippen molar-refractivity contribution >= 4 is 25.2 Å². The Morgan fingerprint density at radius 1 is 0.520 bits per heavy atom. The molecule has 0 saturated carbocycles. The molecule has 4 aromatic carbocycles. The van der Waals surface area contributed by atoms with Crippen LogP contribution in [0.15, 0.2) is 97.3 Å². The van der Waals surface area contributed by atoms with Crippen LogP contribution in [0.5, 0.6) is 0 Å². The molecule has 2 aliphatic heterocycles. The predicted molar refractivity (Wildman–Crippen MR) is 208 cm³/mol. The monoisotopic (exact) mass is 666 g/mol. The Balaban J connectivity index is 1.51. The molecule has 50 heavy (non-hydrogen) atoms. The Labute approximate surface area is 300 Å². The highest BCUT2D eigenvalue weighted by atomic mass is 16.7. The summed E-state index contributed by atoms with van der Waals surface area (Å²) in [7, 11) is -1.03. The quantitative estimate of drug-likeness (QED) is 0.180. The van der Waals surface area contributed by atoms with E-state index in [1.54, 1.807) is 0 Å². The van der Waals surface area contributed by atoms with Gasteiger partial charge in [-0.15, -0.1) is 0 Å². The van der Waals surface area contributed by atoms with Crippen molar-refractivity contribution in [3.05, 3.63) is 131 Å². The molecule has 0 amide bonds. The molecule has 0 spiro atoms. The van der Waals surface area contributed by atoms with Crippen LogP contribution in [0.25, 0.3) is 11.1 Å². The van der Waals surface area contributed by atoms with Crippen molar-refractivity contribution in [3.8, 4) is 11.1 Å². The first kappa shape index (κ1) is 34.9. The molecular weight excluding hydrogens is 614 g/mol. The lowest BCUT2D eigenvalue weighted by atomic mass is 9.64. The molecule has 2 heterocycles. The lowest BCUT2D eigenvalue weighted by Gasteiger charge is -2.35. The Morgan fingerprint density at radius 2 is 0.920 bits per heavy atom. The Kier molecular flexibility index (Phi) is 7.82. The second-order valence-electron chi connectivity index (χ2n) is 18.1. The Bertz CT molecular complexity index is 1900. The Hall–Kier alpha value is -3.57. The summed E-state index contributed by atoms with van der Waals surface area (Å²) >= 11 is 0. The summed E-state index contributed by atoms with van der Waals surface area (Å²) in [6, 6.07) is 32.0. The van der Waals surface area contributed by atoms with E-state index in [4.69, 9.17) is 18.6 Å². The van der Waals surface area contributed by atoms with E-state index in [1.165, 1.54) is 44.5 Å². The van der Waals surface area contributed by atoms with Crippen LogP contribution in [0.3, 0.4) is 0 Å². The molecule has 0 bridgehead atoms. The van der Waals surface area contributed by atoms with Gasteiger partial charge in [0, 0.05) is 0 Å². The molecule has 0 aromatic heterocycles. The van der Waals surface area contributed by atoms with E-state index >= 15 is 0 Å². The van der Waals surface area contributed by atoms with E-state index in [1.807, 2.05) is 13.8 Å². The summed E-state index contributed by atoms with van der Waals surface area (Å²) in [5.74, 6) is 0.639. The average molecular weight is 667 g/mol. The van der Waals surface area contributed by atoms with Crippen molar-refractivity contribution in [2.24, 2.45) is 0 Å². The van der Waals surface area contributed by atoms with Crippen LogP contribution in [0.4, 0.5) is 0 Å². The van der Waals surface area contributed by atoms with E-state index in [9.17, 15) is 0 Å². The molecule has 3 aliphatic rings. The van der Waals surface area contributed by atoms with Crippen LogP contribution < -0.4 is 10.9 Å². The fraction of sp³-hybridized carbons (Fsp3) is 0.409. The van der Waals surface area contributed by atoms with Gasteiger partial charge < -0.3 is 18.6 Å². The first-order valence-electron chi connectivity index (χ1n) is 18.1. The molecule has 1 aliphatic carbocycles. The maximum atomic E-state index is 6.63.